The van der Waals surface area contributed by atoms with Gasteiger partial charge in [-0.1, -0.05) is 175 Å². The van der Waals surface area contributed by atoms with Gasteiger partial charge in [-0.05, 0) is 109 Å². The van der Waals surface area contributed by atoms with Crippen LogP contribution in [0.1, 0.15) is 272 Å². The zero-order valence-electron chi connectivity index (χ0n) is 44.3. The summed E-state index contributed by atoms with van der Waals surface area (Å²) in [6.45, 7) is 15.5. The van der Waals surface area contributed by atoms with Gasteiger partial charge in [-0.25, -0.2) is 0 Å². The third-order valence-electron chi connectivity index (χ3n) is 14.3. The quantitative estimate of drug-likeness (QED) is 0.0459. The Hall–Kier alpha value is -1.71. The SMILES string of the molecule is CCCCCCCCC(CCCCCC)CNC(=O)CCCCCN(CCCCN(CCO)CCCCC(COC(=O)CCCCCCC)COC(=O)CCCCCCC)C1CCCCC1. The van der Waals surface area contributed by atoms with E-state index in [2.05, 4.69) is 42.8 Å². The number of amides is 1. The van der Waals surface area contributed by atoms with Crippen molar-refractivity contribution in [2.75, 3.05) is 59.1 Å². The molecule has 1 unspecified atom stereocenters. The average molecular weight is 935 g/mol. The molecular formula is C57H111N3O6. The second-order valence-corrected chi connectivity index (χ2v) is 20.5. The minimum Gasteiger partial charge on any atom is -0.465 e. The fourth-order valence-electron chi connectivity index (χ4n) is 9.89. The van der Waals surface area contributed by atoms with E-state index >= 15 is 0 Å². The van der Waals surface area contributed by atoms with Crippen molar-refractivity contribution in [1.82, 2.24) is 15.1 Å². The molecule has 9 nitrogen and oxygen atoms in total. The molecule has 1 saturated carbocycles. The zero-order chi connectivity index (χ0) is 48.0. The summed E-state index contributed by atoms with van der Waals surface area (Å²) in [4.78, 5) is 43.2. The van der Waals surface area contributed by atoms with E-state index in [1.165, 1.54) is 135 Å². The van der Waals surface area contributed by atoms with Crippen LogP contribution in [-0.2, 0) is 23.9 Å². The third-order valence-corrected chi connectivity index (χ3v) is 14.3. The van der Waals surface area contributed by atoms with E-state index in [1.807, 2.05) is 0 Å². The number of esters is 2. The standard InChI is InChI=1S/C57H111N3O6/c1-5-9-13-17-20-24-36-52(35-23-16-12-8-4)49-58-55(62)40-27-22-31-45-60(54-38-25-21-26-39-54)46-34-33-44-59(47-48-61)43-32-30-37-53(50-65-56(63)41-28-18-14-10-6-2)51-66-57(64)42-29-19-15-11-7-3/h52-54,61H,5-51H2,1-4H3,(H,58,62). The molecule has 2 N–H and O–H groups in total. The molecule has 1 atom stereocenters. The first kappa shape index (κ1) is 62.3. The Morgan fingerprint density at radius 1 is 0.485 bits per heavy atom. The van der Waals surface area contributed by atoms with E-state index in [4.69, 9.17) is 9.47 Å². The summed E-state index contributed by atoms with van der Waals surface area (Å²) in [6, 6.07) is 0.694. The molecular weight excluding hydrogens is 823 g/mol. The fraction of sp³-hybridized carbons (Fsp3) is 0.947. The number of hydrogen-bond donors (Lipinski definition) is 2. The number of carbonyl (C=O) groups excluding carboxylic acids is 3. The Morgan fingerprint density at radius 2 is 0.894 bits per heavy atom. The van der Waals surface area contributed by atoms with Crippen LogP contribution in [0.2, 0.25) is 0 Å². The lowest BCUT2D eigenvalue weighted by Crippen LogP contribution is -2.38. The van der Waals surface area contributed by atoms with Gasteiger partial charge in [-0.15, -0.1) is 0 Å². The molecule has 1 rings (SSSR count). The summed E-state index contributed by atoms with van der Waals surface area (Å²) < 4.78 is 11.4. The van der Waals surface area contributed by atoms with Gasteiger partial charge in [-0.3, -0.25) is 14.4 Å². The molecule has 9 heteroatoms. The van der Waals surface area contributed by atoms with Crippen molar-refractivity contribution in [3.05, 3.63) is 0 Å². The van der Waals surface area contributed by atoms with Gasteiger partial charge in [0, 0.05) is 44.3 Å². The highest BCUT2D eigenvalue weighted by Gasteiger charge is 2.21. The van der Waals surface area contributed by atoms with Gasteiger partial charge in [0.15, 0.2) is 0 Å². The summed E-state index contributed by atoms with van der Waals surface area (Å²) in [7, 11) is 0. The maximum Gasteiger partial charge on any atom is 0.305 e. The second-order valence-electron chi connectivity index (χ2n) is 20.5. The Kier molecular flexibility index (Phi) is 44.4. The molecule has 0 aromatic rings. The minimum atomic E-state index is -0.139. The van der Waals surface area contributed by atoms with E-state index in [1.54, 1.807) is 0 Å². The summed E-state index contributed by atoms with van der Waals surface area (Å²) in [6.07, 6.45) is 43.3. The van der Waals surface area contributed by atoms with Crippen molar-refractivity contribution in [2.24, 2.45) is 11.8 Å². The van der Waals surface area contributed by atoms with Gasteiger partial charge in [0.05, 0.1) is 19.8 Å². The molecule has 0 bridgehead atoms. The molecule has 0 spiro atoms. The Bertz CT molecular complexity index is 1060. The van der Waals surface area contributed by atoms with Crippen molar-refractivity contribution < 1.29 is 29.0 Å². The van der Waals surface area contributed by atoms with Crippen LogP contribution >= 0.6 is 0 Å². The van der Waals surface area contributed by atoms with Gasteiger partial charge >= 0.3 is 11.9 Å². The molecule has 0 aromatic carbocycles. The maximum absolute atomic E-state index is 12.9. The van der Waals surface area contributed by atoms with E-state index in [-0.39, 0.29) is 30.4 Å². The number of aliphatic hydroxyl groups excluding tert-OH is 1. The highest BCUT2D eigenvalue weighted by atomic mass is 16.5. The summed E-state index contributed by atoms with van der Waals surface area (Å²) in [5, 5.41) is 13.3. The van der Waals surface area contributed by atoms with Crippen molar-refractivity contribution in [3.63, 3.8) is 0 Å². The molecule has 66 heavy (non-hydrogen) atoms. The highest BCUT2D eigenvalue weighted by Crippen LogP contribution is 2.24. The topological polar surface area (TPSA) is 108 Å². The second kappa shape index (κ2) is 47.0. The summed E-state index contributed by atoms with van der Waals surface area (Å²) >= 11 is 0. The molecule has 1 aliphatic rings. The lowest BCUT2D eigenvalue weighted by atomic mass is 9.93. The smallest absolute Gasteiger partial charge is 0.305 e. The average Bonchev–Trinajstić information content (AvgIpc) is 3.32. The Labute approximate surface area is 409 Å². The van der Waals surface area contributed by atoms with Crippen molar-refractivity contribution in [1.29, 1.82) is 0 Å². The molecule has 0 aromatic heterocycles. The molecule has 1 amide bonds. The number of carbonyl (C=O) groups is 3. The van der Waals surface area contributed by atoms with Gasteiger partial charge in [0.25, 0.3) is 0 Å². The maximum atomic E-state index is 12.9. The fourth-order valence-corrected chi connectivity index (χ4v) is 9.89. The predicted octanol–water partition coefficient (Wildman–Crippen LogP) is 14.3. The van der Waals surface area contributed by atoms with Crippen LogP contribution in [0.15, 0.2) is 0 Å². The van der Waals surface area contributed by atoms with Gasteiger partial charge in [0.2, 0.25) is 5.91 Å². The number of hydrogen-bond acceptors (Lipinski definition) is 8. The first-order valence-corrected chi connectivity index (χ1v) is 29.0. The monoisotopic (exact) mass is 934 g/mol. The van der Waals surface area contributed by atoms with Gasteiger partial charge < -0.3 is 29.7 Å². The Balaban J connectivity index is 2.52. The third kappa shape index (κ3) is 38.2. The van der Waals surface area contributed by atoms with Crippen LogP contribution in [0.25, 0.3) is 0 Å². The van der Waals surface area contributed by atoms with E-state index in [9.17, 15) is 19.5 Å². The molecule has 390 valence electrons. The van der Waals surface area contributed by atoms with Gasteiger partial charge in [0.1, 0.15) is 0 Å². The van der Waals surface area contributed by atoms with Crippen molar-refractivity contribution >= 4 is 17.8 Å². The van der Waals surface area contributed by atoms with E-state index in [0.29, 0.717) is 51.0 Å². The van der Waals surface area contributed by atoms with Crippen LogP contribution in [0.3, 0.4) is 0 Å². The normalized spacial score (nSPS) is 13.8. The van der Waals surface area contributed by atoms with Crippen LogP contribution in [0, 0.1) is 11.8 Å². The largest absolute Gasteiger partial charge is 0.465 e. The zero-order valence-corrected chi connectivity index (χ0v) is 44.3. The van der Waals surface area contributed by atoms with Crippen molar-refractivity contribution in [3.8, 4) is 0 Å². The number of unbranched alkanes of at least 4 members (excludes halogenated alkanes) is 20. The van der Waals surface area contributed by atoms with E-state index in [0.717, 1.165) is 123 Å². The lowest BCUT2D eigenvalue weighted by Gasteiger charge is -2.34. The van der Waals surface area contributed by atoms with E-state index < -0.39 is 0 Å². The Morgan fingerprint density at radius 3 is 1.44 bits per heavy atom. The lowest BCUT2D eigenvalue weighted by molar-refractivity contribution is -0.149. The van der Waals surface area contributed by atoms with Crippen molar-refractivity contribution in [2.45, 2.75) is 278 Å². The number of nitrogens with one attached hydrogen (secondary N) is 1. The van der Waals surface area contributed by atoms with Crippen LogP contribution < -0.4 is 5.32 Å². The summed E-state index contributed by atoms with van der Waals surface area (Å²) in [5.41, 5.74) is 0. The number of aliphatic hydroxyl groups is 1. The summed E-state index contributed by atoms with van der Waals surface area (Å²) in [5.74, 6) is 0.614. The van der Waals surface area contributed by atoms with Gasteiger partial charge in [-0.2, -0.15) is 0 Å². The highest BCUT2D eigenvalue weighted by molar-refractivity contribution is 5.75. The number of nitrogens with zero attached hydrogens (tertiary/aromatic N) is 2. The molecule has 0 radical (unpaired) electrons. The number of rotatable bonds is 49. The first-order chi connectivity index (χ1) is 32.4. The molecule has 1 aliphatic carbocycles. The number of ether oxygens (including phenoxy) is 2. The molecule has 0 heterocycles. The van der Waals surface area contributed by atoms with Crippen LogP contribution in [0.5, 0.6) is 0 Å². The first-order valence-electron chi connectivity index (χ1n) is 29.0. The molecule has 0 saturated heterocycles. The molecule has 1 fully saturated rings. The predicted molar refractivity (Wildman–Crippen MR) is 279 cm³/mol. The molecule has 0 aliphatic heterocycles. The van der Waals surface area contributed by atoms with Crippen LogP contribution in [-0.4, -0.2) is 97.9 Å². The minimum absolute atomic E-state index is 0.00880. The van der Waals surface area contributed by atoms with Crippen LogP contribution in [0.4, 0.5) is 0 Å².